The van der Waals surface area contributed by atoms with Crippen LogP contribution in [-0.4, -0.2) is 21.3 Å². The van der Waals surface area contributed by atoms with E-state index in [4.69, 9.17) is 28.3 Å². The molecule has 0 amide bonds. The summed E-state index contributed by atoms with van der Waals surface area (Å²) in [6.07, 6.45) is 6.88. The second-order valence-corrected chi connectivity index (χ2v) is 6.62. The van der Waals surface area contributed by atoms with E-state index in [9.17, 15) is 0 Å². The summed E-state index contributed by atoms with van der Waals surface area (Å²) < 4.78 is 1.93. The van der Waals surface area contributed by atoms with Crippen LogP contribution in [0, 0.1) is 0 Å². The van der Waals surface area contributed by atoms with Gasteiger partial charge in [-0.2, -0.15) is 5.10 Å². The molecule has 1 N–H and O–H groups in total. The summed E-state index contributed by atoms with van der Waals surface area (Å²) in [4.78, 5) is 4.11. The van der Waals surface area contributed by atoms with Gasteiger partial charge in [0.1, 0.15) is 5.82 Å². The predicted molar refractivity (Wildman–Crippen MR) is 98.2 cm³/mol. The van der Waals surface area contributed by atoms with Gasteiger partial charge in [-0.1, -0.05) is 23.2 Å². The summed E-state index contributed by atoms with van der Waals surface area (Å²) >= 11 is 12.3. The van der Waals surface area contributed by atoms with E-state index in [0.29, 0.717) is 10.0 Å². The molecule has 0 atom stereocenters. The number of pyridine rings is 1. The predicted octanol–water partition coefficient (Wildman–Crippen LogP) is 4.99. The van der Waals surface area contributed by atoms with E-state index < -0.39 is 0 Å². The fourth-order valence-corrected chi connectivity index (χ4v) is 3.34. The minimum Gasteiger partial charge on any atom is -0.370 e. The molecule has 24 heavy (non-hydrogen) atoms. The van der Waals surface area contributed by atoms with E-state index in [1.807, 2.05) is 28.9 Å². The Labute approximate surface area is 150 Å². The Kier molecular flexibility index (Phi) is 4.17. The van der Waals surface area contributed by atoms with Crippen LogP contribution in [0.3, 0.4) is 0 Å². The standard InChI is InChI=1S/C18H16Cl2N4/c19-15-5-4-13(11-16(15)20)24-18-14(3-1-2-8-22-18)17(23-24)12-6-9-21-10-7-12/h4-7,9-11,22H,1-3,8H2. The van der Waals surface area contributed by atoms with Gasteiger partial charge < -0.3 is 5.32 Å². The number of fused-ring (bicyclic) bond motifs is 1. The summed E-state index contributed by atoms with van der Waals surface area (Å²) in [5.74, 6) is 1.04. The number of aromatic nitrogens is 3. The molecule has 122 valence electrons. The highest BCUT2D eigenvalue weighted by Gasteiger charge is 2.21. The van der Waals surface area contributed by atoms with Crippen molar-refractivity contribution >= 4 is 29.0 Å². The monoisotopic (exact) mass is 358 g/mol. The molecule has 0 radical (unpaired) electrons. The van der Waals surface area contributed by atoms with Crippen LogP contribution in [0.2, 0.25) is 10.0 Å². The Bertz CT molecular complexity index is 874. The van der Waals surface area contributed by atoms with Gasteiger partial charge in [0.25, 0.3) is 0 Å². The van der Waals surface area contributed by atoms with E-state index in [2.05, 4.69) is 10.3 Å². The zero-order valence-corrected chi connectivity index (χ0v) is 14.5. The smallest absolute Gasteiger partial charge is 0.133 e. The highest BCUT2D eigenvalue weighted by atomic mass is 35.5. The van der Waals surface area contributed by atoms with Crippen molar-refractivity contribution in [3.8, 4) is 16.9 Å². The first-order valence-electron chi connectivity index (χ1n) is 7.95. The number of halogens is 2. The average molecular weight is 359 g/mol. The van der Waals surface area contributed by atoms with Crippen molar-refractivity contribution in [1.29, 1.82) is 0 Å². The topological polar surface area (TPSA) is 42.7 Å². The molecule has 1 aliphatic heterocycles. The molecule has 2 aromatic heterocycles. The maximum Gasteiger partial charge on any atom is 0.133 e. The van der Waals surface area contributed by atoms with E-state index in [1.54, 1.807) is 18.5 Å². The van der Waals surface area contributed by atoms with Crippen molar-refractivity contribution in [3.63, 3.8) is 0 Å². The lowest BCUT2D eigenvalue weighted by atomic mass is 10.0. The third kappa shape index (κ3) is 2.76. The second kappa shape index (κ2) is 6.46. The third-order valence-corrected chi connectivity index (χ3v) is 4.97. The number of hydrogen-bond donors (Lipinski definition) is 1. The minimum absolute atomic E-state index is 0.525. The summed E-state index contributed by atoms with van der Waals surface area (Å²) in [7, 11) is 0. The summed E-state index contributed by atoms with van der Waals surface area (Å²) in [6, 6.07) is 9.57. The normalized spacial score (nSPS) is 13.9. The van der Waals surface area contributed by atoms with Crippen molar-refractivity contribution in [3.05, 3.63) is 58.3 Å². The lowest BCUT2D eigenvalue weighted by Gasteiger charge is -2.10. The summed E-state index contributed by atoms with van der Waals surface area (Å²) in [5.41, 5.74) is 4.21. The van der Waals surface area contributed by atoms with Crippen molar-refractivity contribution in [2.75, 3.05) is 11.9 Å². The fourth-order valence-electron chi connectivity index (χ4n) is 3.05. The highest BCUT2D eigenvalue weighted by molar-refractivity contribution is 6.42. The van der Waals surface area contributed by atoms with Gasteiger partial charge in [-0.05, 0) is 49.6 Å². The molecule has 1 aromatic carbocycles. The van der Waals surface area contributed by atoms with Crippen molar-refractivity contribution in [2.45, 2.75) is 19.3 Å². The number of benzene rings is 1. The summed E-state index contributed by atoms with van der Waals surface area (Å²) in [6.45, 7) is 0.940. The van der Waals surface area contributed by atoms with Crippen LogP contribution >= 0.6 is 23.2 Å². The van der Waals surface area contributed by atoms with Crippen LogP contribution in [0.15, 0.2) is 42.7 Å². The van der Waals surface area contributed by atoms with Gasteiger partial charge in [-0.3, -0.25) is 4.98 Å². The molecule has 0 saturated carbocycles. The van der Waals surface area contributed by atoms with E-state index in [1.165, 1.54) is 5.56 Å². The van der Waals surface area contributed by atoms with Crippen molar-refractivity contribution < 1.29 is 0 Å². The molecule has 1 aliphatic rings. The van der Waals surface area contributed by atoms with E-state index in [0.717, 1.165) is 48.6 Å². The molecule has 3 aromatic rings. The Balaban J connectivity index is 1.91. The van der Waals surface area contributed by atoms with Gasteiger partial charge in [0, 0.05) is 30.1 Å². The second-order valence-electron chi connectivity index (χ2n) is 5.81. The molecule has 3 heterocycles. The van der Waals surface area contributed by atoms with Gasteiger partial charge in [0.05, 0.1) is 21.4 Å². The Morgan fingerprint density at radius 1 is 1.00 bits per heavy atom. The first-order chi connectivity index (χ1) is 11.7. The molecular weight excluding hydrogens is 343 g/mol. The molecule has 0 unspecified atom stereocenters. The lowest BCUT2D eigenvalue weighted by Crippen LogP contribution is -2.07. The molecule has 0 aliphatic carbocycles. The molecular formula is C18H16Cl2N4. The first-order valence-corrected chi connectivity index (χ1v) is 8.71. The van der Waals surface area contributed by atoms with Crippen molar-refractivity contribution in [2.24, 2.45) is 0 Å². The minimum atomic E-state index is 0.525. The van der Waals surface area contributed by atoms with E-state index >= 15 is 0 Å². The fraction of sp³-hybridized carbons (Fsp3) is 0.222. The van der Waals surface area contributed by atoms with Crippen LogP contribution in [0.4, 0.5) is 5.82 Å². The van der Waals surface area contributed by atoms with Gasteiger partial charge in [0.2, 0.25) is 0 Å². The van der Waals surface area contributed by atoms with E-state index in [-0.39, 0.29) is 0 Å². The average Bonchev–Trinajstić information content (AvgIpc) is 2.80. The maximum atomic E-state index is 6.20. The van der Waals surface area contributed by atoms with Gasteiger partial charge in [-0.15, -0.1) is 0 Å². The molecule has 4 rings (SSSR count). The van der Waals surface area contributed by atoms with Gasteiger partial charge >= 0.3 is 0 Å². The largest absolute Gasteiger partial charge is 0.370 e. The zero-order chi connectivity index (χ0) is 16.5. The van der Waals surface area contributed by atoms with Crippen LogP contribution in [0.1, 0.15) is 18.4 Å². The quantitative estimate of drug-likeness (QED) is 0.701. The van der Waals surface area contributed by atoms with Gasteiger partial charge in [-0.25, -0.2) is 4.68 Å². The zero-order valence-electron chi connectivity index (χ0n) is 13.0. The molecule has 4 nitrogen and oxygen atoms in total. The van der Waals surface area contributed by atoms with Crippen LogP contribution in [0.5, 0.6) is 0 Å². The Morgan fingerprint density at radius 3 is 2.62 bits per heavy atom. The van der Waals surface area contributed by atoms with Gasteiger partial charge in [0.15, 0.2) is 0 Å². The Morgan fingerprint density at radius 2 is 1.83 bits per heavy atom. The number of anilines is 1. The highest BCUT2D eigenvalue weighted by Crippen LogP contribution is 2.34. The van der Waals surface area contributed by atoms with Crippen LogP contribution < -0.4 is 5.32 Å². The molecule has 6 heteroatoms. The number of nitrogens with one attached hydrogen (secondary N) is 1. The SMILES string of the molecule is Clc1ccc(-n2nc(-c3ccncc3)c3c2NCCCC3)cc1Cl. The third-order valence-electron chi connectivity index (χ3n) is 4.23. The molecule has 0 saturated heterocycles. The molecule has 0 spiro atoms. The van der Waals surface area contributed by atoms with Crippen molar-refractivity contribution in [1.82, 2.24) is 14.8 Å². The Hall–Kier alpha value is -2.04. The first kappa shape index (κ1) is 15.5. The molecule has 0 fully saturated rings. The number of nitrogens with zero attached hydrogens (tertiary/aromatic N) is 3. The number of rotatable bonds is 2. The maximum absolute atomic E-state index is 6.20. The summed E-state index contributed by atoms with van der Waals surface area (Å²) in [5, 5.41) is 9.46. The van der Waals surface area contributed by atoms with Crippen LogP contribution in [-0.2, 0) is 6.42 Å². The number of hydrogen-bond acceptors (Lipinski definition) is 3. The molecule has 0 bridgehead atoms. The van der Waals surface area contributed by atoms with Crippen LogP contribution in [0.25, 0.3) is 16.9 Å². The lowest BCUT2D eigenvalue weighted by molar-refractivity contribution is 0.780.